The number of hydrogen-bond donors (Lipinski definition) is 0. The van der Waals surface area contributed by atoms with E-state index in [-0.39, 0.29) is 30.4 Å². The van der Waals surface area contributed by atoms with Crippen LogP contribution in [0.15, 0.2) is 54.7 Å². The van der Waals surface area contributed by atoms with Crippen LogP contribution in [0, 0.1) is 0 Å². The van der Waals surface area contributed by atoms with Gasteiger partial charge in [-0.25, -0.2) is 4.98 Å². The molecule has 2 aliphatic heterocycles. The summed E-state index contributed by atoms with van der Waals surface area (Å²) < 4.78 is 6.89. The van der Waals surface area contributed by atoms with Gasteiger partial charge in [-0.05, 0) is 42.2 Å². The Balaban J connectivity index is 1.47. The minimum atomic E-state index is -0.345. The van der Waals surface area contributed by atoms with Crippen LogP contribution < -0.4 is 4.90 Å². The quantitative estimate of drug-likeness (QED) is 0.565. The second kappa shape index (κ2) is 8.84. The normalized spacial score (nSPS) is 19.8. The first-order valence-corrected chi connectivity index (χ1v) is 11.8. The molecule has 2 amide bonds. The second-order valence-corrected chi connectivity index (χ2v) is 9.20. The summed E-state index contributed by atoms with van der Waals surface area (Å²) in [4.78, 5) is 34.2. The van der Waals surface area contributed by atoms with Gasteiger partial charge in [-0.1, -0.05) is 47.7 Å². The molecule has 0 aliphatic carbocycles. The first-order valence-electron chi connectivity index (χ1n) is 10.9. The van der Waals surface area contributed by atoms with E-state index >= 15 is 0 Å². The average molecular weight is 448 g/mol. The van der Waals surface area contributed by atoms with Crippen LogP contribution in [0.5, 0.6) is 0 Å². The average Bonchev–Trinajstić information content (AvgIpc) is 3.47. The molecule has 3 heterocycles. The fraction of sp³-hybridized carbons (Fsp3) is 0.320. The van der Waals surface area contributed by atoms with Crippen LogP contribution in [0.3, 0.4) is 0 Å². The predicted octanol–water partition coefficient (Wildman–Crippen LogP) is 4.77. The van der Waals surface area contributed by atoms with Gasteiger partial charge >= 0.3 is 0 Å². The van der Waals surface area contributed by atoms with Crippen LogP contribution in [0.4, 0.5) is 5.13 Å². The van der Waals surface area contributed by atoms with Crippen molar-refractivity contribution in [1.82, 2.24) is 9.88 Å². The number of para-hydroxylation sites is 1. The summed E-state index contributed by atoms with van der Waals surface area (Å²) in [5, 5.41) is 0.681. The predicted molar refractivity (Wildman–Crippen MR) is 126 cm³/mol. The van der Waals surface area contributed by atoms with Crippen molar-refractivity contribution in [2.24, 2.45) is 0 Å². The number of thiazole rings is 1. The first kappa shape index (κ1) is 20.8. The molecule has 2 atom stereocenters. The Morgan fingerprint density at radius 3 is 2.78 bits per heavy atom. The number of aromatic nitrogens is 1. The van der Waals surface area contributed by atoms with Gasteiger partial charge in [0.25, 0.3) is 0 Å². The van der Waals surface area contributed by atoms with Crippen molar-refractivity contribution in [2.45, 2.75) is 38.3 Å². The maximum atomic E-state index is 13.7. The monoisotopic (exact) mass is 447 g/mol. The van der Waals surface area contributed by atoms with Crippen LogP contribution in [-0.4, -0.2) is 41.0 Å². The zero-order chi connectivity index (χ0) is 22.1. The summed E-state index contributed by atoms with van der Waals surface area (Å²) >= 11 is 1.52. The van der Waals surface area contributed by atoms with Crippen molar-refractivity contribution in [3.8, 4) is 0 Å². The van der Waals surface area contributed by atoms with Crippen LogP contribution in [0.25, 0.3) is 16.3 Å². The molecule has 1 fully saturated rings. The Hall–Kier alpha value is -3.03. The second-order valence-electron chi connectivity index (χ2n) is 8.19. The number of rotatable bonds is 5. The Kier molecular flexibility index (Phi) is 5.76. The van der Waals surface area contributed by atoms with Crippen LogP contribution in [-0.2, 0) is 14.3 Å². The zero-order valence-electron chi connectivity index (χ0n) is 17.9. The molecule has 1 saturated heterocycles. The van der Waals surface area contributed by atoms with Gasteiger partial charge in [-0.2, -0.15) is 0 Å². The van der Waals surface area contributed by atoms with Crippen LogP contribution in [0.1, 0.15) is 43.4 Å². The molecule has 1 aromatic heterocycles. The van der Waals surface area contributed by atoms with Crippen molar-refractivity contribution < 1.29 is 14.3 Å². The van der Waals surface area contributed by atoms with E-state index in [0.717, 1.165) is 40.8 Å². The summed E-state index contributed by atoms with van der Waals surface area (Å²) in [6.07, 6.45) is 5.84. The van der Waals surface area contributed by atoms with E-state index in [1.54, 1.807) is 16.0 Å². The zero-order valence-corrected chi connectivity index (χ0v) is 18.8. The SMILES string of the molecule is CC(=O)N1C=Cc2ccccc2C1CC(=O)N(CC1CCCO1)c1nc2ccccc2s1. The largest absolute Gasteiger partial charge is 0.376 e. The molecule has 3 aromatic rings. The number of amides is 2. The van der Waals surface area contributed by atoms with Crippen molar-refractivity contribution >= 4 is 44.6 Å². The maximum absolute atomic E-state index is 13.7. The summed E-state index contributed by atoms with van der Waals surface area (Å²) in [6, 6.07) is 15.5. The fourth-order valence-electron chi connectivity index (χ4n) is 4.44. The molecule has 2 aromatic carbocycles. The molecule has 5 rings (SSSR count). The molecule has 0 radical (unpaired) electrons. The van der Waals surface area contributed by atoms with Crippen LogP contribution >= 0.6 is 11.3 Å². The van der Waals surface area contributed by atoms with Gasteiger partial charge in [-0.15, -0.1) is 0 Å². The highest BCUT2D eigenvalue weighted by molar-refractivity contribution is 7.22. The van der Waals surface area contributed by atoms with E-state index < -0.39 is 0 Å². The first-order chi connectivity index (χ1) is 15.6. The third-order valence-corrected chi connectivity index (χ3v) is 7.12. The van der Waals surface area contributed by atoms with Gasteiger partial charge in [0.15, 0.2) is 5.13 Å². The van der Waals surface area contributed by atoms with Gasteiger partial charge in [0.05, 0.1) is 35.3 Å². The molecular formula is C25H25N3O3S. The van der Waals surface area contributed by atoms with Gasteiger partial charge in [-0.3, -0.25) is 14.5 Å². The number of benzene rings is 2. The van der Waals surface area contributed by atoms with Crippen molar-refractivity contribution in [1.29, 1.82) is 0 Å². The molecule has 2 aliphatic rings. The molecule has 0 N–H and O–H groups in total. The molecule has 32 heavy (non-hydrogen) atoms. The van der Waals surface area contributed by atoms with Crippen LogP contribution in [0.2, 0.25) is 0 Å². The molecule has 7 heteroatoms. The number of anilines is 1. The number of ether oxygens (including phenoxy) is 1. The molecule has 0 saturated carbocycles. The van der Waals surface area contributed by atoms with Gasteiger partial charge in [0.1, 0.15) is 0 Å². The van der Waals surface area contributed by atoms with Crippen molar-refractivity contribution in [2.75, 3.05) is 18.1 Å². The molecule has 6 nitrogen and oxygen atoms in total. The van der Waals surface area contributed by atoms with Gasteiger partial charge in [0.2, 0.25) is 11.8 Å². The molecule has 0 spiro atoms. The van der Waals surface area contributed by atoms with Crippen molar-refractivity contribution in [3.63, 3.8) is 0 Å². The lowest BCUT2D eigenvalue weighted by Gasteiger charge is -2.34. The molecule has 164 valence electrons. The van der Waals surface area contributed by atoms with E-state index in [0.29, 0.717) is 11.7 Å². The van der Waals surface area contributed by atoms with E-state index in [1.165, 1.54) is 18.3 Å². The Morgan fingerprint density at radius 2 is 2.00 bits per heavy atom. The highest BCUT2D eigenvalue weighted by Crippen LogP contribution is 2.35. The smallest absolute Gasteiger partial charge is 0.231 e. The van der Waals surface area contributed by atoms with Crippen molar-refractivity contribution in [3.05, 3.63) is 65.9 Å². The summed E-state index contributed by atoms with van der Waals surface area (Å²) in [7, 11) is 0. The number of carbonyl (C=O) groups is 2. The Morgan fingerprint density at radius 1 is 1.19 bits per heavy atom. The van der Waals surface area contributed by atoms with Gasteiger partial charge in [0, 0.05) is 19.7 Å². The highest BCUT2D eigenvalue weighted by Gasteiger charge is 2.32. The molecule has 2 unspecified atom stereocenters. The lowest BCUT2D eigenvalue weighted by Crippen LogP contribution is -2.40. The summed E-state index contributed by atoms with van der Waals surface area (Å²) in [5.74, 6) is -0.139. The van der Waals surface area contributed by atoms with E-state index in [9.17, 15) is 9.59 Å². The van der Waals surface area contributed by atoms with E-state index in [2.05, 4.69) is 0 Å². The number of carbonyl (C=O) groups excluding carboxylic acids is 2. The lowest BCUT2D eigenvalue weighted by molar-refractivity contribution is -0.129. The van der Waals surface area contributed by atoms with E-state index in [1.807, 2.05) is 54.6 Å². The van der Waals surface area contributed by atoms with Gasteiger partial charge < -0.3 is 9.64 Å². The Labute approximate surface area is 191 Å². The topological polar surface area (TPSA) is 62.7 Å². The molecule has 0 bridgehead atoms. The Bertz CT molecular complexity index is 1150. The summed E-state index contributed by atoms with van der Waals surface area (Å²) in [5.41, 5.74) is 2.90. The fourth-order valence-corrected chi connectivity index (χ4v) is 5.43. The highest BCUT2D eigenvalue weighted by atomic mass is 32.1. The number of hydrogen-bond acceptors (Lipinski definition) is 5. The third kappa shape index (κ3) is 4.06. The maximum Gasteiger partial charge on any atom is 0.231 e. The number of fused-ring (bicyclic) bond motifs is 2. The number of nitrogens with zero attached hydrogens (tertiary/aromatic N) is 3. The third-order valence-electron chi connectivity index (χ3n) is 6.06. The van der Waals surface area contributed by atoms with E-state index in [4.69, 9.17) is 9.72 Å². The molecular weight excluding hydrogens is 422 g/mol. The lowest BCUT2D eigenvalue weighted by atomic mass is 9.93. The standard InChI is InChI=1S/C25H25N3O3S/c1-17(29)27-13-12-18-7-2-3-9-20(18)22(27)15-24(30)28(16-19-8-6-14-31-19)25-26-21-10-4-5-11-23(21)32-25/h2-5,7,9-13,19,22H,6,8,14-16H2,1H3. The minimum absolute atomic E-state index is 0.00779. The minimum Gasteiger partial charge on any atom is -0.376 e. The summed E-state index contributed by atoms with van der Waals surface area (Å²) in [6.45, 7) is 2.74.